The van der Waals surface area contributed by atoms with Crippen LogP contribution in [0.2, 0.25) is 5.02 Å². The van der Waals surface area contributed by atoms with Crippen molar-refractivity contribution in [1.82, 2.24) is 0 Å². The number of hydrogen-bond acceptors (Lipinski definition) is 4. The second kappa shape index (κ2) is 4.18. The molecule has 0 radical (unpaired) electrons. The van der Waals surface area contributed by atoms with Gasteiger partial charge in [-0.1, -0.05) is 18.2 Å². The number of hydrogen-bond donors (Lipinski definition) is 0. The van der Waals surface area contributed by atoms with Gasteiger partial charge in [-0.2, -0.15) is 0 Å². The fourth-order valence-corrected chi connectivity index (χ4v) is 2.09. The minimum atomic E-state index is -4.04. The summed E-state index contributed by atoms with van der Waals surface area (Å²) in [5.41, 5.74) is -0.873. The van der Waals surface area contributed by atoms with Crippen molar-refractivity contribution in [2.75, 3.05) is 0 Å². The Morgan fingerprint density at radius 1 is 1.50 bits per heavy atom. The smallest absolute Gasteiger partial charge is 0.258 e. The largest absolute Gasteiger partial charge is 0.291 e. The Bertz CT molecular complexity index is 570. The van der Waals surface area contributed by atoms with Crippen LogP contribution in [0.15, 0.2) is 29.0 Å². The van der Waals surface area contributed by atoms with E-state index in [1.807, 2.05) is 0 Å². The summed E-state index contributed by atoms with van der Waals surface area (Å²) in [7, 11) is -4.04. The van der Waals surface area contributed by atoms with E-state index in [4.69, 9.17) is 11.6 Å². The van der Waals surface area contributed by atoms with Gasteiger partial charge in [0.25, 0.3) is 5.69 Å². The number of nitrogens with zero attached hydrogens (tertiary/aromatic N) is 1. The first-order chi connectivity index (χ1) is 7.29. The van der Waals surface area contributed by atoms with Crippen molar-refractivity contribution in [1.29, 1.82) is 0 Å². The Morgan fingerprint density at radius 2 is 2.06 bits per heavy atom. The van der Waals surface area contributed by atoms with Gasteiger partial charge in [0.1, 0.15) is 5.82 Å². The van der Waals surface area contributed by atoms with E-state index in [-0.39, 0.29) is 0 Å². The molecule has 0 fully saturated rings. The molecule has 0 amide bonds. The molecule has 0 aromatic heterocycles. The minimum Gasteiger partial charge on any atom is -0.258 e. The van der Waals surface area contributed by atoms with E-state index < -0.39 is 36.2 Å². The first-order valence-electron chi connectivity index (χ1n) is 3.80. The third-order valence-electron chi connectivity index (χ3n) is 1.72. The highest BCUT2D eigenvalue weighted by Gasteiger charge is 2.25. The van der Waals surface area contributed by atoms with Crippen molar-refractivity contribution in [3.8, 4) is 0 Å². The van der Waals surface area contributed by atoms with Crippen LogP contribution in [0.3, 0.4) is 0 Å². The Kier molecular flexibility index (Phi) is 3.30. The number of benzene rings is 1. The van der Waals surface area contributed by atoms with Gasteiger partial charge in [0.15, 0.2) is 4.90 Å². The lowest BCUT2D eigenvalue weighted by Gasteiger charge is -2.02. The van der Waals surface area contributed by atoms with Crippen LogP contribution in [-0.4, -0.2) is 13.3 Å². The number of nitro groups is 1. The Hall–Kier alpha value is -1.47. The van der Waals surface area contributed by atoms with Crippen molar-refractivity contribution in [2.24, 2.45) is 0 Å². The average Bonchev–Trinajstić information content (AvgIpc) is 2.21. The van der Waals surface area contributed by atoms with Crippen LogP contribution in [0.25, 0.3) is 0 Å². The molecule has 1 aromatic rings. The second-order valence-electron chi connectivity index (χ2n) is 2.70. The van der Waals surface area contributed by atoms with E-state index in [1.54, 1.807) is 0 Å². The van der Waals surface area contributed by atoms with Crippen LogP contribution in [0.5, 0.6) is 0 Å². The summed E-state index contributed by atoms with van der Waals surface area (Å²) in [6.07, 6.45) is 0. The predicted molar refractivity (Wildman–Crippen MR) is 55.4 cm³/mol. The quantitative estimate of drug-likeness (QED) is 0.477. The first kappa shape index (κ1) is 12.6. The molecule has 0 heterocycles. The van der Waals surface area contributed by atoms with Crippen LogP contribution in [-0.2, 0) is 9.84 Å². The van der Waals surface area contributed by atoms with Gasteiger partial charge >= 0.3 is 0 Å². The zero-order valence-corrected chi connectivity index (χ0v) is 9.26. The lowest BCUT2D eigenvalue weighted by atomic mass is 10.3. The van der Waals surface area contributed by atoms with E-state index in [1.165, 1.54) is 0 Å². The van der Waals surface area contributed by atoms with Gasteiger partial charge < -0.3 is 0 Å². The molecule has 0 spiro atoms. The van der Waals surface area contributed by atoms with E-state index in [0.717, 1.165) is 0 Å². The lowest BCUT2D eigenvalue weighted by Crippen LogP contribution is -2.02. The molecule has 0 atom stereocenters. The molecule has 0 saturated carbocycles. The molecule has 0 unspecified atom stereocenters. The third kappa shape index (κ3) is 2.20. The van der Waals surface area contributed by atoms with E-state index in [9.17, 15) is 22.9 Å². The zero-order valence-electron chi connectivity index (χ0n) is 7.68. The Balaban J connectivity index is 3.68. The van der Waals surface area contributed by atoms with Gasteiger partial charge in [-0.05, 0) is 6.07 Å². The average molecular weight is 266 g/mol. The summed E-state index contributed by atoms with van der Waals surface area (Å²) in [5, 5.41) is 10.6. The molecular formula is C8H5ClFNO4S. The fourth-order valence-electron chi connectivity index (χ4n) is 0.978. The molecule has 0 bridgehead atoms. The highest BCUT2D eigenvalue weighted by Crippen LogP contribution is 2.30. The first-order valence-corrected chi connectivity index (χ1v) is 5.73. The normalized spacial score (nSPS) is 11.1. The molecule has 1 rings (SSSR count). The van der Waals surface area contributed by atoms with Crippen LogP contribution >= 0.6 is 11.6 Å². The SMILES string of the molecule is C=CS(=O)(=O)c1cc(Cl)c(F)cc1[N+](=O)[O-]. The monoisotopic (exact) mass is 265 g/mol. The minimum absolute atomic E-state index is 0.457. The number of halogens is 2. The number of rotatable bonds is 3. The highest BCUT2D eigenvalue weighted by atomic mass is 35.5. The van der Waals surface area contributed by atoms with Gasteiger partial charge in [0.05, 0.1) is 16.0 Å². The molecule has 0 aliphatic carbocycles. The molecule has 1 aromatic carbocycles. The van der Waals surface area contributed by atoms with Crippen LogP contribution in [0, 0.1) is 15.9 Å². The predicted octanol–water partition coefficient (Wildman–Crippen LogP) is 2.30. The molecule has 86 valence electrons. The van der Waals surface area contributed by atoms with Gasteiger partial charge in [-0.15, -0.1) is 0 Å². The molecule has 0 aliphatic rings. The number of nitro benzene ring substituents is 1. The molecule has 8 heteroatoms. The van der Waals surface area contributed by atoms with Gasteiger partial charge in [-0.25, -0.2) is 12.8 Å². The van der Waals surface area contributed by atoms with Crippen molar-refractivity contribution >= 4 is 27.1 Å². The van der Waals surface area contributed by atoms with Crippen molar-refractivity contribution in [3.05, 3.63) is 45.1 Å². The Morgan fingerprint density at radius 3 is 2.50 bits per heavy atom. The molecule has 0 N–H and O–H groups in total. The van der Waals surface area contributed by atoms with Gasteiger partial charge in [0, 0.05) is 5.41 Å². The third-order valence-corrected chi connectivity index (χ3v) is 3.39. The molecule has 16 heavy (non-hydrogen) atoms. The summed E-state index contributed by atoms with van der Waals surface area (Å²) in [6.45, 7) is 3.01. The summed E-state index contributed by atoms with van der Waals surface area (Å²) < 4.78 is 35.7. The van der Waals surface area contributed by atoms with E-state index in [0.29, 0.717) is 17.5 Å². The summed E-state index contributed by atoms with van der Waals surface area (Å²) in [6, 6.07) is 1.14. The van der Waals surface area contributed by atoms with Crippen molar-refractivity contribution in [3.63, 3.8) is 0 Å². The van der Waals surface area contributed by atoms with Gasteiger partial charge in [-0.3, -0.25) is 10.1 Å². The van der Waals surface area contributed by atoms with Crippen LogP contribution in [0.4, 0.5) is 10.1 Å². The fraction of sp³-hybridized carbons (Fsp3) is 0. The van der Waals surface area contributed by atoms with Crippen molar-refractivity contribution in [2.45, 2.75) is 4.90 Å². The molecular weight excluding hydrogens is 261 g/mol. The second-order valence-corrected chi connectivity index (χ2v) is 4.97. The maximum Gasteiger partial charge on any atom is 0.291 e. The standard InChI is InChI=1S/C8H5ClFNO4S/c1-2-16(14,15)8-3-5(9)6(10)4-7(8)11(12)13/h2-4H,1H2. The van der Waals surface area contributed by atoms with Gasteiger partial charge in [0.2, 0.25) is 9.84 Å². The van der Waals surface area contributed by atoms with E-state index >= 15 is 0 Å². The lowest BCUT2D eigenvalue weighted by molar-refractivity contribution is -0.388. The zero-order chi connectivity index (χ0) is 12.5. The van der Waals surface area contributed by atoms with Crippen LogP contribution in [0.1, 0.15) is 0 Å². The van der Waals surface area contributed by atoms with Crippen LogP contribution < -0.4 is 0 Å². The molecule has 0 aliphatic heterocycles. The summed E-state index contributed by atoms with van der Waals surface area (Å²) in [4.78, 5) is 8.86. The summed E-state index contributed by atoms with van der Waals surface area (Å²) in [5.74, 6) is -1.06. The van der Waals surface area contributed by atoms with Crippen molar-refractivity contribution < 1.29 is 17.7 Å². The maximum atomic E-state index is 13.0. The highest BCUT2D eigenvalue weighted by molar-refractivity contribution is 7.94. The van der Waals surface area contributed by atoms with E-state index in [2.05, 4.69) is 6.58 Å². The molecule has 5 nitrogen and oxygen atoms in total. The Labute approximate surface area is 95.2 Å². The topological polar surface area (TPSA) is 77.3 Å². The summed E-state index contributed by atoms with van der Waals surface area (Å²) >= 11 is 5.36. The maximum absolute atomic E-state index is 13.0. The number of sulfone groups is 1. The molecule has 0 saturated heterocycles.